The van der Waals surface area contributed by atoms with E-state index >= 15 is 0 Å². The molecular formula is C21H31N3O6. The molecule has 1 amide bonds. The maximum absolute atomic E-state index is 11.3. The highest BCUT2D eigenvalue weighted by Gasteiger charge is 2.23. The average molecular weight is 421 g/mol. The number of ketones is 1. The van der Waals surface area contributed by atoms with Gasteiger partial charge in [0.05, 0.1) is 23.2 Å². The quantitative estimate of drug-likeness (QED) is 0.475. The molecule has 3 rings (SSSR count). The van der Waals surface area contributed by atoms with Crippen LogP contribution in [0.15, 0.2) is 24.3 Å². The summed E-state index contributed by atoms with van der Waals surface area (Å²) >= 11 is 0. The topological polar surface area (TPSA) is 159 Å². The molecule has 9 nitrogen and oxygen atoms in total. The zero-order chi connectivity index (χ0) is 22.7. The lowest BCUT2D eigenvalue weighted by molar-refractivity contribution is -0.123. The second kappa shape index (κ2) is 12.7. The lowest BCUT2D eigenvalue weighted by atomic mass is 10.0. The minimum atomic E-state index is -1.13. The number of hydrogen-bond donors (Lipinski definition) is 5. The molecule has 2 atom stereocenters. The van der Waals surface area contributed by atoms with Gasteiger partial charge in [0.2, 0.25) is 5.91 Å². The van der Waals surface area contributed by atoms with Gasteiger partial charge in [-0.25, -0.2) is 9.59 Å². The molecule has 0 bridgehead atoms. The summed E-state index contributed by atoms with van der Waals surface area (Å²) < 4.78 is 0. The first-order valence-electron chi connectivity index (χ1n) is 10.00. The third-order valence-corrected chi connectivity index (χ3v) is 4.73. The molecule has 0 saturated carbocycles. The number of aromatic carboxylic acids is 2. The fourth-order valence-electron chi connectivity index (χ4n) is 3.04. The van der Waals surface area contributed by atoms with E-state index in [1.807, 2.05) is 13.8 Å². The Kier molecular flexibility index (Phi) is 10.7. The van der Waals surface area contributed by atoms with Crippen LogP contribution in [0.25, 0.3) is 0 Å². The number of carboxylic acids is 2. The first-order chi connectivity index (χ1) is 14.1. The van der Waals surface area contributed by atoms with Crippen LogP contribution in [0.2, 0.25) is 0 Å². The van der Waals surface area contributed by atoms with Crippen LogP contribution in [0.3, 0.4) is 0 Å². The molecule has 1 aromatic carbocycles. The first kappa shape index (κ1) is 25.3. The zero-order valence-corrected chi connectivity index (χ0v) is 17.4. The minimum Gasteiger partial charge on any atom is -0.478 e. The predicted octanol–water partition coefficient (Wildman–Crippen LogP) is 1.27. The molecule has 2 fully saturated rings. The molecule has 166 valence electrons. The van der Waals surface area contributed by atoms with Gasteiger partial charge < -0.3 is 26.6 Å². The summed E-state index contributed by atoms with van der Waals surface area (Å²) in [5.74, 6) is -1.91. The van der Waals surface area contributed by atoms with Crippen LogP contribution < -0.4 is 16.4 Å². The van der Waals surface area contributed by atoms with Crippen LogP contribution in [0.5, 0.6) is 0 Å². The number of amides is 1. The van der Waals surface area contributed by atoms with Gasteiger partial charge in [0.15, 0.2) is 5.78 Å². The summed E-state index contributed by atoms with van der Waals surface area (Å²) in [5.41, 5.74) is 4.96. The standard InChI is InChI=1S/C8H15NO.C8H6O4.C5H10N2O/c1-6(2)8(10)7-4-3-5-9-7;9-7(10)5-2-1-3-6(4-5)8(11)12;6-5(8)4-2-1-3-7-4/h6-7,9H,3-5H2,1-2H3;1-4H,(H,9,10)(H,11,12);4,7H,1-3H2,(H2,6,8)/t7-;;4-/m0.0/s1. The van der Waals surface area contributed by atoms with Crippen molar-refractivity contribution in [1.82, 2.24) is 10.6 Å². The number of primary amides is 1. The summed E-state index contributed by atoms with van der Waals surface area (Å²) in [6.45, 7) is 5.88. The largest absolute Gasteiger partial charge is 0.478 e. The van der Waals surface area contributed by atoms with Crippen molar-refractivity contribution in [1.29, 1.82) is 0 Å². The van der Waals surface area contributed by atoms with Gasteiger partial charge in [-0.15, -0.1) is 0 Å². The second-order valence-corrected chi connectivity index (χ2v) is 7.45. The second-order valence-electron chi connectivity index (χ2n) is 7.45. The molecule has 6 N–H and O–H groups in total. The Morgan fingerprint density at radius 1 is 0.933 bits per heavy atom. The molecule has 2 aliphatic rings. The van der Waals surface area contributed by atoms with Crippen LogP contribution in [-0.2, 0) is 9.59 Å². The summed E-state index contributed by atoms with van der Waals surface area (Å²) in [7, 11) is 0. The van der Waals surface area contributed by atoms with Crippen molar-refractivity contribution in [2.24, 2.45) is 11.7 Å². The van der Waals surface area contributed by atoms with E-state index in [2.05, 4.69) is 10.6 Å². The molecule has 2 saturated heterocycles. The van der Waals surface area contributed by atoms with E-state index in [-0.39, 0.29) is 35.0 Å². The van der Waals surface area contributed by atoms with Gasteiger partial charge in [-0.05, 0) is 57.0 Å². The molecule has 1 aromatic rings. The number of nitrogens with two attached hydrogens (primary N) is 1. The summed E-state index contributed by atoms with van der Waals surface area (Å²) in [5, 5.41) is 23.2. The van der Waals surface area contributed by atoms with E-state index < -0.39 is 11.9 Å². The number of benzene rings is 1. The number of carbonyl (C=O) groups excluding carboxylic acids is 2. The smallest absolute Gasteiger partial charge is 0.335 e. The monoisotopic (exact) mass is 421 g/mol. The number of Topliss-reactive ketones (excluding diaryl/α,β-unsaturated/α-hetero) is 1. The van der Waals surface area contributed by atoms with Gasteiger partial charge in [-0.3, -0.25) is 9.59 Å². The average Bonchev–Trinajstić information content (AvgIpc) is 3.42. The molecule has 0 spiro atoms. The van der Waals surface area contributed by atoms with E-state index in [1.54, 1.807) is 0 Å². The van der Waals surface area contributed by atoms with Crippen molar-refractivity contribution in [2.45, 2.75) is 51.6 Å². The van der Waals surface area contributed by atoms with Crippen molar-refractivity contribution in [2.75, 3.05) is 13.1 Å². The summed E-state index contributed by atoms with van der Waals surface area (Å²) in [6, 6.07) is 5.32. The van der Waals surface area contributed by atoms with Crippen molar-refractivity contribution < 1.29 is 29.4 Å². The number of carbonyl (C=O) groups is 4. The Morgan fingerprint density at radius 2 is 1.40 bits per heavy atom. The highest BCUT2D eigenvalue weighted by atomic mass is 16.4. The van der Waals surface area contributed by atoms with Gasteiger partial charge in [0.25, 0.3) is 0 Å². The molecular weight excluding hydrogens is 390 g/mol. The van der Waals surface area contributed by atoms with Gasteiger partial charge in [0, 0.05) is 5.92 Å². The Balaban J connectivity index is 0.000000230. The van der Waals surface area contributed by atoms with E-state index in [0.717, 1.165) is 44.8 Å². The van der Waals surface area contributed by atoms with Crippen molar-refractivity contribution in [3.8, 4) is 0 Å². The van der Waals surface area contributed by atoms with Gasteiger partial charge in [-0.2, -0.15) is 0 Å². The zero-order valence-electron chi connectivity index (χ0n) is 17.4. The highest BCUT2D eigenvalue weighted by molar-refractivity contribution is 5.93. The fourth-order valence-corrected chi connectivity index (χ4v) is 3.04. The minimum absolute atomic E-state index is 0.0186. The van der Waals surface area contributed by atoms with Crippen LogP contribution in [-0.4, -0.2) is 59.0 Å². The fraction of sp³-hybridized carbons (Fsp3) is 0.524. The van der Waals surface area contributed by atoms with Crippen molar-refractivity contribution in [3.63, 3.8) is 0 Å². The third kappa shape index (κ3) is 8.71. The Bertz CT molecular complexity index is 709. The van der Waals surface area contributed by atoms with Crippen LogP contribution in [0, 0.1) is 5.92 Å². The van der Waals surface area contributed by atoms with E-state index in [1.165, 1.54) is 18.2 Å². The molecule has 2 aliphatic heterocycles. The van der Waals surface area contributed by atoms with E-state index in [9.17, 15) is 19.2 Å². The molecule has 0 aliphatic carbocycles. The molecule has 0 radical (unpaired) electrons. The molecule has 0 aromatic heterocycles. The summed E-state index contributed by atoms with van der Waals surface area (Å²) in [4.78, 5) is 42.4. The molecule has 9 heteroatoms. The van der Waals surface area contributed by atoms with Gasteiger partial charge >= 0.3 is 11.9 Å². The van der Waals surface area contributed by atoms with Crippen LogP contribution in [0.4, 0.5) is 0 Å². The van der Waals surface area contributed by atoms with Crippen LogP contribution >= 0.6 is 0 Å². The Hall–Kier alpha value is -2.78. The number of nitrogens with one attached hydrogen (secondary N) is 2. The predicted molar refractivity (Wildman–Crippen MR) is 111 cm³/mol. The van der Waals surface area contributed by atoms with Gasteiger partial charge in [0.1, 0.15) is 0 Å². The maximum Gasteiger partial charge on any atom is 0.335 e. The number of rotatable bonds is 5. The summed E-state index contributed by atoms with van der Waals surface area (Å²) in [6.07, 6.45) is 4.18. The Morgan fingerprint density at radius 3 is 1.70 bits per heavy atom. The SMILES string of the molecule is CC(C)C(=O)[C@@H]1CCCN1.NC(=O)[C@@H]1CCCN1.O=C(O)c1cccc(C(=O)O)c1. The lowest BCUT2D eigenvalue weighted by Crippen LogP contribution is -2.36. The Labute approximate surface area is 176 Å². The molecule has 0 unspecified atom stereocenters. The van der Waals surface area contributed by atoms with E-state index in [4.69, 9.17) is 15.9 Å². The van der Waals surface area contributed by atoms with Crippen molar-refractivity contribution >= 4 is 23.6 Å². The normalized spacial score (nSPS) is 19.8. The van der Waals surface area contributed by atoms with Gasteiger partial charge in [-0.1, -0.05) is 19.9 Å². The lowest BCUT2D eigenvalue weighted by Gasteiger charge is -2.10. The van der Waals surface area contributed by atoms with Crippen molar-refractivity contribution in [3.05, 3.63) is 35.4 Å². The molecule has 2 heterocycles. The highest BCUT2D eigenvalue weighted by Crippen LogP contribution is 2.10. The first-order valence-corrected chi connectivity index (χ1v) is 10.00. The van der Waals surface area contributed by atoms with Crippen LogP contribution in [0.1, 0.15) is 60.2 Å². The van der Waals surface area contributed by atoms with E-state index in [0.29, 0.717) is 5.78 Å². The molecule has 30 heavy (non-hydrogen) atoms. The number of hydrogen-bond acceptors (Lipinski definition) is 6. The maximum atomic E-state index is 11.3. The number of carboxylic acid groups (broad SMARTS) is 2. The third-order valence-electron chi connectivity index (χ3n) is 4.73.